The summed E-state index contributed by atoms with van der Waals surface area (Å²) in [5.74, 6) is 2.52. The molecule has 7 nitrogen and oxygen atoms in total. The molecule has 30 heavy (non-hydrogen) atoms. The van der Waals surface area contributed by atoms with E-state index in [0.717, 1.165) is 15.6 Å². The van der Waals surface area contributed by atoms with Gasteiger partial charge in [0.1, 0.15) is 13.0 Å². The molecule has 0 heterocycles. The number of hydrogen-bond donors (Lipinski definition) is 2. The second-order valence-electron chi connectivity index (χ2n) is 6.06. The molecule has 2 N–H and O–H groups in total. The number of nitrogens with one attached hydrogen (secondary N) is 2. The van der Waals surface area contributed by atoms with E-state index in [1.165, 1.54) is 13.3 Å². The van der Waals surface area contributed by atoms with E-state index < -0.39 is 11.8 Å². The quantitative estimate of drug-likeness (QED) is 0.175. The van der Waals surface area contributed by atoms with E-state index in [-0.39, 0.29) is 13.0 Å². The average Bonchev–Trinajstić information content (AvgIpc) is 2.72. The molecular weight excluding hydrogens is 497 g/mol. The number of carbonyl (C=O) groups excluding carboxylic acids is 2. The van der Waals surface area contributed by atoms with Gasteiger partial charge in [-0.2, -0.15) is 5.10 Å². The second kappa shape index (κ2) is 11.8. The number of anilines is 1. The number of ether oxygens (including phenoxy) is 2. The SMILES string of the molecule is C#CCOc1c(I)cc(C=NNC(=O)CC(=O)Nc2ccccc2CC)cc1OC. The number of methoxy groups -OCH3 is 1. The third kappa shape index (κ3) is 6.77. The van der Waals surface area contributed by atoms with Crippen LogP contribution in [0.3, 0.4) is 0 Å². The third-order valence-electron chi connectivity index (χ3n) is 3.95. The van der Waals surface area contributed by atoms with Crippen LogP contribution in [-0.4, -0.2) is 31.7 Å². The number of halogens is 1. The van der Waals surface area contributed by atoms with Crippen LogP contribution in [0, 0.1) is 15.9 Å². The van der Waals surface area contributed by atoms with Crippen molar-refractivity contribution in [3.8, 4) is 23.8 Å². The van der Waals surface area contributed by atoms with Crippen molar-refractivity contribution in [3.63, 3.8) is 0 Å². The maximum absolute atomic E-state index is 12.1. The Hall–Kier alpha value is -3.06. The summed E-state index contributed by atoms with van der Waals surface area (Å²) in [4.78, 5) is 24.1. The van der Waals surface area contributed by atoms with Gasteiger partial charge in [0.05, 0.1) is 16.9 Å². The third-order valence-corrected chi connectivity index (χ3v) is 4.75. The molecule has 2 aromatic rings. The highest BCUT2D eigenvalue weighted by molar-refractivity contribution is 14.1. The summed E-state index contributed by atoms with van der Waals surface area (Å²) in [5.41, 5.74) is 4.74. The zero-order chi connectivity index (χ0) is 21.9. The Labute approximate surface area is 189 Å². The Kier molecular flexibility index (Phi) is 9.15. The highest BCUT2D eigenvalue weighted by Crippen LogP contribution is 2.33. The first-order valence-corrected chi connectivity index (χ1v) is 10.2. The lowest BCUT2D eigenvalue weighted by Gasteiger charge is -2.11. The summed E-state index contributed by atoms with van der Waals surface area (Å²) in [6.45, 7) is 2.12. The van der Waals surface area contributed by atoms with Crippen LogP contribution in [0.1, 0.15) is 24.5 Å². The molecule has 0 aliphatic rings. The van der Waals surface area contributed by atoms with Crippen molar-refractivity contribution >= 4 is 46.3 Å². The van der Waals surface area contributed by atoms with Crippen LogP contribution in [0.2, 0.25) is 0 Å². The molecule has 0 bridgehead atoms. The van der Waals surface area contributed by atoms with E-state index in [1.807, 2.05) is 25.1 Å². The largest absolute Gasteiger partial charge is 0.493 e. The molecule has 0 fully saturated rings. The number of hydrogen-bond acceptors (Lipinski definition) is 5. The van der Waals surface area contributed by atoms with Crippen molar-refractivity contribution in [3.05, 3.63) is 51.1 Å². The van der Waals surface area contributed by atoms with E-state index >= 15 is 0 Å². The van der Waals surface area contributed by atoms with Crippen LogP contribution in [0.5, 0.6) is 11.5 Å². The molecule has 0 aromatic heterocycles. The minimum Gasteiger partial charge on any atom is -0.493 e. The van der Waals surface area contributed by atoms with Gasteiger partial charge in [0.25, 0.3) is 0 Å². The van der Waals surface area contributed by atoms with Gasteiger partial charge in [-0.05, 0) is 58.3 Å². The Morgan fingerprint density at radius 1 is 1.27 bits per heavy atom. The van der Waals surface area contributed by atoms with E-state index in [2.05, 4.69) is 44.4 Å². The maximum Gasteiger partial charge on any atom is 0.249 e. The zero-order valence-electron chi connectivity index (χ0n) is 16.7. The summed E-state index contributed by atoms with van der Waals surface area (Å²) in [6.07, 6.45) is 7.12. The fourth-order valence-corrected chi connectivity index (χ4v) is 3.36. The standard InChI is InChI=1S/C22H22IN3O4/c1-4-10-30-22-17(23)11-15(12-19(22)29-3)14-24-26-21(28)13-20(27)25-18-9-7-6-8-16(18)5-2/h1,6-9,11-12,14H,5,10,13H2,2-3H3,(H,25,27)(H,26,28). The fourth-order valence-electron chi connectivity index (χ4n) is 2.58. The topological polar surface area (TPSA) is 89.0 Å². The van der Waals surface area contributed by atoms with Gasteiger partial charge in [0.15, 0.2) is 11.5 Å². The van der Waals surface area contributed by atoms with Gasteiger partial charge in [0, 0.05) is 5.69 Å². The summed E-state index contributed by atoms with van der Waals surface area (Å²) in [5, 5.41) is 6.66. The van der Waals surface area contributed by atoms with Crippen LogP contribution in [-0.2, 0) is 16.0 Å². The Bertz CT molecular complexity index is 983. The lowest BCUT2D eigenvalue weighted by molar-refractivity contribution is -0.126. The highest BCUT2D eigenvalue weighted by atomic mass is 127. The molecule has 0 saturated heterocycles. The van der Waals surface area contributed by atoms with E-state index in [9.17, 15) is 9.59 Å². The average molecular weight is 519 g/mol. The first-order chi connectivity index (χ1) is 14.5. The molecule has 0 saturated carbocycles. The highest BCUT2D eigenvalue weighted by Gasteiger charge is 2.12. The Balaban J connectivity index is 1.94. The van der Waals surface area contributed by atoms with Crippen molar-refractivity contribution in [1.29, 1.82) is 0 Å². The summed E-state index contributed by atoms with van der Waals surface area (Å²) in [7, 11) is 1.52. The Morgan fingerprint density at radius 2 is 2.03 bits per heavy atom. The van der Waals surface area contributed by atoms with Gasteiger partial charge in [-0.3, -0.25) is 9.59 Å². The number of hydrazone groups is 1. The summed E-state index contributed by atoms with van der Waals surface area (Å²) < 4.78 is 11.6. The first kappa shape index (κ1) is 23.2. The predicted molar refractivity (Wildman–Crippen MR) is 125 cm³/mol. The van der Waals surface area contributed by atoms with Gasteiger partial charge < -0.3 is 14.8 Å². The van der Waals surface area contributed by atoms with E-state index in [4.69, 9.17) is 15.9 Å². The number of nitrogens with zero attached hydrogens (tertiary/aromatic N) is 1. The van der Waals surface area contributed by atoms with Crippen molar-refractivity contribution in [1.82, 2.24) is 5.43 Å². The fraction of sp³-hybridized carbons (Fsp3) is 0.227. The molecule has 2 amide bonds. The number of rotatable bonds is 9. The molecule has 8 heteroatoms. The smallest absolute Gasteiger partial charge is 0.249 e. The molecule has 0 radical (unpaired) electrons. The van der Waals surface area contributed by atoms with Gasteiger partial charge in [0.2, 0.25) is 11.8 Å². The second-order valence-corrected chi connectivity index (χ2v) is 7.22. The first-order valence-electron chi connectivity index (χ1n) is 9.11. The summed E-state index contributed by atoms with van der Waals surface area (Å²) in [6, 6.07) is 11.0. The molecule has 0 spiro atoms. The van der Waals surface area contributed by atoms with Gasteiger partial charge >= 0.3 is 0 Å². The van der Waals surface area contributed by atoms with Crippen LogP contribution in [0.25, 0.3) is 0 Å². The molecule has 2 aromatic carbocycles. The van der Waals surface area contributed by atoms with E-state index in [1.54, 1.807) is 18.2 Å². The van der Waals surface area contributed by atoms with Crippen molar-refractivity contribution in [2.24, 2.45) is 5.10 Å². The number of benzene rings is 2. The van der Waals surface area contributed by atoms with Crippen molar-refractivity contribution < 1.29 is 19.1 Å². The maximum atomic E-state index is 12.1. The molecule has 0 unspecified atom stereocenters. The number of terminal acetylenes is 1. The number of carbonyl (C=O) groups is 2. The minimum absolute atomic E-state index is 0.126. The van der Waals surface area contributed by atoms with Crippen molar-refractivity contribution in [2.45, 2.75) is 19.8 Å². The molecular formula is C22H22IN3O4. The molecule has 0 atom stereocenters. The lowest BCUT2D eigenvalue weighted by Crippen LogP contribution is -2.25. The number of amides is 2. The van der Waals surface area contributed by atoms with Crippen LogP contribution in [0.4, 0.5) is 5.69 Å². The van der Waals surface area contributed by atoms with Crippen LogP contribution in [0.15, 0.2) is 41.5 Å². The summed E-state index contributed by atoms with van der Waals surface area (Å²) >= 11 is 2.10. The van der Waals surface area contributed by atoms with Gasteiger partial charge in [-0.25, -0.2) is 5.43 Å². The Morgan fingerprint density at radius 3 is 2.73 bits per heavy atom. The van der Waals surface area contributed by atoms with Crippen molar-refractivity contribution in [2.75, 3.05) is 19.0 Å². The molecule has 0 aliphatic heterocycles. The number of aryl methyl sites for hydroxylation is 1. The zero-order valence-corrected chi connectivity index (χ0v) is 18.9. The van der Waals surface area contributed by atoms with Gasteiger partial charge in [-0.15, -0.1) is 6.42 Å². The predicted octanol–water partition coefficient (Wildman–Crippen LogP) is 3.35. The minimum atomic E-state index is -0.520. The monoisotopic (exact) mass is 519 g/mol. The van der Waals surface area contributed by atoms with Crippen LogP contribution >= 0.6 is 22.6 Å². The molecule has 0 aliphatic carbocycles. The normalized spacial score (nSPS) is 10.3. The lowest BCUT2D eigenvalue weighted by atomic mass is 10.1. The van der Waals surface area contributed by atoms with E-state index in [0.29, 0.717) is 22.7 Å². The molecule has 156 valence electrons. The van der Waals surface area contributed by atoms with Gasteiger partial charge in [-0.1, -0.05) is 31.0 Å². The van der Waals surface area contributed by atoms with Crippen LogP contribution < -0.4 is 20.2 Å². The molecule has 2 rings (SSSR count). The number of para-hydroxylation sites is 1.